The fourth-order valence-electron chi connectivity index (χ4n) is 2.16. The Morgan fingerprint density at radius 2 is 1.67 bits per heavy atom. The van der Waals surface area contributed by atoms with Gasteiger partial charge in [-0.2, -0.15) is 0 Å². The predicted molar refractivity (Wildman–Crippen MR) is 95.5 cm³/mol. The summed E-state index contributed by atoms with van der Waals surface area (Å²) in [6.45, 7) is 1.85. The summed E-state index contributed by atoms with van der Waals surface area (Å²) < 4.78 is 4.59. The molecule has 0 spiro atoms. The summed E-state index contributed by atoms with van der Waals surface area (Å²) in [6.07, 6.45) is 12.1. The highest BCUT2D eigenvalue weighted by atomic mass is 16.5. The van der Waals surface area contributed by atoms with E-state index in [1.54, 1.807) is 0 Å². The molecule has 5 heteroatoms. The van der Waals surface area contributed by atoms with Crippen LogP contribution in [0.15, 0.2) is 24.3 Å². The van der Waals surface area contributed by atoms with Gasteiger partial charge in [-0.1, -0.05) is 50.5 Å². The third-order valence-corrected chi connectivity index (χ3v) is 3.87. The number of unbranched alkanes of at least 4 members (excludes halogenated alkanes) is 5. The van der Waals surface area contributed by atoms with Gasteiger partial charge in [0, 0.05) is 6.42 Å². The second-order valence-electron chi connectivity index (χ2n) is 6.01. The van der Waals surface area contributed by atoms with Crippen LogP contribution in [0.1, 0.15) is 64.7 Å². The van der Waals surface area contributed by atoms with Crippen LogP contribution in [-0.4, -0.2) is 46.7 Å². The van der Waals surface area contributed by atoms with E-state index >= 15 is 0 Å². The van der Waals surface area contributed by atoms with Gasteiger partial charge in [-0.3, -0.25) is 4.79 Å². The maximum Gasteiger partial charge on any atom is 0.305 e. The quantitative estimate of drug-likeness (QED) is 0.257. The summed E-state index contributed by atoms with van der Waals surface area (Å²) >= 11 is 0. The van der Waals surface area contributed by atoms with Crippen LogP contribution in [0.5, 0.6) is 0 Å². The fraction of sp³-hybridized carbons (Fsp3) is 0.737. The molecule has 0 radical (unpaired) electrons. The Bertz CT molecular complexity index is 365. The Hall–Kier alpha value is -1.17. The van der Waals surface area contributed by atoms with Crippen LogP contribution >= 0.6 is 0 Å². The zero-order chi connectivity index (χ0) is 18.2. The van der Waals surface area contributed by atoms with Crippen LogP contribution in [0, 0.1) is 0 Å². The number of carbonyl (C=O) groups excluding carboxylic acids is 1. The van der Waals surface area contributed by atoms with E-state index < -0.39 is 18.3 Å². The Kier molecular flexibility index (Phi) is 14.6. The average molecular weight is 342 g/mol. The predicted octanol–water partition coefficient (Wildman–Crippen LogP) is 2.89. The normalized spacial score (nSPS) is 15.7. The molecule has 3 atom stereocenters. The van der Waals surface area contributed by atoms with Gasteiger partial charge in [0.25, 0.3) is 0 Å². The molecule has 3 N–H and O–H groups in total. The standard InChI is InChI=1S/C19H34O5/c1-3-16(20)14-15-18(22)17(21)12-10-8-6-4-5-7-9-11-13-19(23)24-2/h8,10,14-18,20-22H,3-7,9,11-13H2,1-2H3/b10-8-,15-14-/t16-,17-,18+/m0/s1. The molecule has 0 aliphatic carbocycles. The van der Waals surface area contributed by atoms with E-state index in [0.717, 1.165) is 38.5 Å². The lowest BCUT2D eigenvalue weighted by atomic mass is 10.1. The smallest absolute Gasteiger partial charge is 0.305 e. The van der Waals surface area contributed by atoms with E-state index in [1.807, 2.05) is 19.1 Å². The molecule has 0 heterocycles. The lowest BCUT2D eigenvalue weighted by molar-refractivity contribution is -0.140. The molecule has 0 aliphatic heterocycles. The minimum absolute atomic E-state index is 0.141. The SMILES string of the molecule is CC[C@H](O)/C=C\[C@@H](O)[C@@H](O)C/C=C\CCCCCCCC(=O)OC. The molecule has 0 saturated heterocycles. The van der Waals surface area contributed by atoms with Gasteiger partial charge in [0.15, 0.2) is 0 Å². The van der Waals surface area contributed by atoms with Crippen molar-refractivity contribution in [3.63, 3.8) is 0 Å². The second-order valence-corrected chi connectivity index (χ2v) is 6.01. The van der Waals surface area contributed by atoms with E-state index in [2.05, 4.69) is 4.74 Å². The van der Waals surface area contributed by atoms with E-state index in [1.165, 1.54) is 19.3 Å². The lowest BCUT2D eigenvalue weighted by Crippen LogP contribution is -2.23. The van der Waals surface area contributed by atoms with Crippen LogP contribution in [0.3, 0.4) is 0 Å². The molecule has 0 aromatic carbocycles. The van der Waals surface area contributed by atoms with Crippen molar-refractivity contribution in [2.24, 2.45) is 0 Å². The first-order valence-electron chi connectivity index (χ1n) is 8.95. The third kappa shape index (κ3) is 13.3. The number of hydrogen-bond donors (Lipinski definition) is 3. The van der Waals surface area contributed by atoms with Gasteiger partial charge in [0.05, 0.1) is 25.4 Å². The maximum atomic E-state index is 10.9. The second kappa shape index (κ2) is 15.4. The molecule has 0 aliphatic rings. The van der Waals surface area contributed by atoms with Gasteiger partial charge in [0.1, 0.15) is 0 Å². The number of allylic oxidation sites excluding steroid dienone is 1. The van der Waals surface area contributed by atoms with Gasteiger partial charge in [-0.15, -0.1) is 0 Å². The zero-order valence-electron chi connectivity index (χ0n) is 15.1. The number of esters is 1. The topological polar surface area (TPSA) is 87.0 Å². The van der Waals surface area contributed by atoms with Crippen molar-refractivity contribution < 1.29 is 24.9 Å². The van der Waals surface area contributed by atoms with E-state index in [9.17, 15) is 20.1 Å². The maximum absolute atomic E-state index is 10.9. The first-order chi connectivity index (χ1) is 11.5. The first-order valence-corrected chi connectivity index (χ1v) is 8.95. The summed E-state index contributed by atoms with van der Waals surface area (Å²) in [4.78, 5) is 10.9. The number of ether oxygens (including phenoxy) is 1. The molecule has 0 saturated carbocycles. The Balaban J connectivity index is 3.60. The molecule has 0 rings (SSSR count). The van der Waals surface area contributed by atoms with Gasteiger partial charge in [0.2, 0.25) is 0 Å². The van der Waals surface area contributed by atoms with Crippen molar-refractivity contribution in [3.05, 3.63) is 24.3 Å². The molecule has 24 heavy (non-hydrogen) atoms. The fourth-order valence-corrected chi connectivity index (χ4v) is 2.16. The minimum atomic E-state index is -0.953. The van der Waals surface area contributed by atoms with Crippen LogP contribution in [-0.2, 0) is 9.53 Å². The van der Waals surface area contributed by atoms with E-state index in [-0.39, 0.29) is 5.97 Å². The Morgan fingerprint density at radius 3 is 2.33 bits per heavy atom. The zero-order valence-corrected chi connectivity index (χ0v) is 15.1. The summed E-state index contributed by atoms with van der Waals surface area (Å²) in [6, 6.07) is 0. The van der Waals surface area contributed by atoms with Crippen LogP contribution in [0.4, 0.5) is 0 Å². The third-order valence-electron chi connectivity index (χ3n) is 3.87. The van der Waals surface area contributed by atoms with Crippen LogP contribution in [0.25, 0.3) is 0 Å². The first kappa shape index (κ1) is 22.8. The van der Waals surface area contributed by atoms with Crippen molar-refractivity contribution in [1.29, 1.82) is 0 Å². The van der Waals surface area contributed by atoms with Gasteiger partial charge < -0.3 is 20.1 Å². The largest absolute Gasteiger partial charge is 0.469 e. The molecular formula is C19H34O5. The van der Waals surface area contributed by atoms with Crippen molar-refractivity contribution in [2.75, 3.05) is 7.11 Å². The Labute approximate surface area is 146 Å². The van der Waals surface area contributed by atoms with Gasteiger partial charge in [-0.05, 0) is 32.1 Å². The number of carbonyl (C=O) groups is 1. The highest BCUT2D eigenvalue weighted by Crippen LogP contribution is 2.09. The average Bonchev–Trinajstić information content (AvgIpc) is 2.60. The van der Waals surface area contributed by atoms with Crippen molar-refractivity contribution in [3.8, 4) is 0 Å². The molecule has 0 unspecified atom stereocenters. The van der Waals surface area contributed by atoms with E-state index in [4.69, 9.17) is 0 Å². The Morgan fingerprint density at radius 1 is 1.00 bits per heavy atom. The minimum Gasteiger partial charge on any atom is -0.469 e. The number of aliphatic hydroxyl groups excluding tert-OH is 3. The molecule has 0 fully saturated rings. The molecule has 0 aromatic heterocycles. The number of aliphatic hydroxyl groups is 3. The monoisotopic (exact) mass is 342 g/mol. The summed E-state index contributed by atoms with van der Waals surface area (Å²) in [5, 5.41) is 28.9. The summed E-state index contributed by atoms with van der Waals surface area (Å²) in [5.41, 5.74) is 0. The highest BCUT2D eigenvalue weighted by Gasteiger charge is 2.11. The summed E-state index contributed by atoms with van der Waals surface area (Å²) in [7, 11) is 1.41. The number of rotatable bonds is 14. The molecular weight excluding hydrogens is 308 g/mol. The van der Waals surface area contributed by atoms with Crippen molar-refractivity contribution in [2.45, 2.75) is 83.0 Å². The molecule has 0 amide bonds. The lowest BCUT2D eigenvalue weighted by Gasteiger charge is -2.12. The van der Waals surface area contributed by atoms with Gasteiger partial charge in [-0.25, -0.2) is 0 Å². The van der Waals surface area contributed by atoms with Gasteiger partial charge >= 0.3 is 5.97 Å². The van der Waals surface area contributed by atoms with Crippen LogP contribution < -0.4 is 0 Å². The van der Waals surface area contributed by atoms with Crippen molar-refractivity contribution in [1.82, 2.24) is 0 Å². The summed E-state index contributed by atoms with van der Waals surface area (Å²) in [5.74, 6) is -0.141. The number of hydrogen-bond acceptors (Lipinski definition) is 5. The van der Waals surface area contributed by atoms with Crippen molar-refractivity contribution >= 4 is 5.97 Å². The molecule has 0 aromatic rings. The van der Waals surface area contributed by atoms with Crippen LogP contribution in [0.2, 0.25) is 0 Å². The highest BCUT2D eigenvalue weighted by molar-refractivity contribution is 5.68. The van der Waals surface area contributed by atoms with E-state index in [0.29, 0.717) is 19.3 Å². The number of methoxy groups -OCH3 is 1. The molecule has 0 bridgehead atoms. The molecule has 140 valence electrons. The molecule has 5 nitrogen and oxygen atoms in total.